The lowest BCUT2D eigenvalue weighted by Gasteiger charge is -2.09. The average molecular weight is 429 g/mol. The lowest BCUT2D eigenvalue weighted by Crippen LogP contribution is -2.12. The van der Waals surface area contributed by atoms with Crippen molar-refractivity contribution in [3.8, 4) is 16.3 Å². The van der Waals surface area contributed by atoms with Crippen LogP contribution in [0, 0.1) is 5.92 Å². The molecule has 27 heavy (non-hydrogen) atoms. The van der Waals surface area contributed by atoms with E-state index in [-0.39, 0.29) is 21.9 Å². The fourth-order valence-corrected chi connectivity index (χ4v) is 3.92. The molecule has 0 bridgehead atoms. The van der Waals surface area contributed by atoms with Gasteiger partial charge >= 0.3 is 0 Å². The Morgan fingerprint density at radius 3 is 2.63 bits per heavy atom. The number of carbonyl (C=O) groups is 1. The van der Waals surface area contributed by atoms with E-state index < -0.39 is 12.1 Å². The van der Waals surface area contributed by atoms with E-state index in [2.05, 4.69) is 15.4 Å². The number of amides is 1. The Labute approximate surface area is 166 Å². The van der Waals surface area contributed by atoms with Gasteiger partial charge in [0.1, 0.15) is 11.4 Å². The lowest BCUT2D eigenvalue weighted by molar-refractivity contribution is -0.117. The van der Waals surface area contributed by atoms with Crippen molar-refractivity contribution in [1.82, 2.24) is 14.8 Å². The second-order valence-electron chi connectivity index (χ2n) is 6.03. The summed E-state index contributed by atoms with van der Waals surface area (Å²) in [6.07, 6.45) is 0.494. The maximum Gasteiger partial charge on any atom is 0.282 e. The van der Waals surface area contributed by atoms with Crippen LogP contribution >= 0.6 is 34.5 Å². The normalized spacial score (nSPS) is 14.0. The van der Waals surface area contributed by atoms with Crippen LogP contribution < -0.4 is 5.32 Å². The number of nitrogens with zero attached hydrogens (tertiary/aromatic N) is 3. The molecule has 4 rings (SSSR count). The quantitative estimate of drug-likeness (QED) is 0.576. The zero-order valence-corrected chi connectivity index (χ0v) is 16.0. The van der Waals surface area contributed by atoms with Gasteiger partial charge in [-0.05, 0) is 31.0 Å². The summed E-state index contributed by atoms with van der Waals surface area (Å²) in [4.78, 5) is 16.6. The Kier molecular flexibility index (Phi) is 4.88. The number of alkyl halides is 2. The van der Waals surface area contributed by atoms with Crippen LogP contribution in [-0.4, -0.2) is 20.7 Å². The maximum atomic E-state index is 13.3. The number of para-hydroxylation sites is 1. The molecule has 0 atom stereocenters. The van der Waals surface area contributed by atoms with Crippen molar-refractivity contribution in [2.45, 2.75) is 19.3 Å². The highest BCUT2D eigenvalue weighted by atomic mass is 35.5. The minimum atomic E-state index is -2.76. The highest BCUT2D eigenvalue weighted by molar-refractivity contribution is 7.19. The summed E-state index contributed by atoms with van der Waals surface area (Å²) >= 11 is 13.6. The Morgan fingerprint density at radius 1 is 1.30 bits per heavy atom. The zero-order valence-electron chi connectivity index (χ0n) is 13.6. The molecule has 2 heterocycles. The molecule has 0 unspecified atom stereocenters. The average Bonchev–Trinajstić information content (AvgIpc) is 3.22. The predicted molar refractivity (Wildman–Crippen MR) is 101 cm³/mol. The van der Waals surface area contributed by atoms with E-state index >= 15 is 0 Å². The van der Waals surface area contributed by atoms with Gasteiger partial charge in [-0.25, -0.2) is 18.4 Å². The molecule has 1 aliphatic rings. The standard InChI is InChI=1S/C17H12Cl2F2N4OS/c18-9-2-1-3-10(19)14(9)25-12(6-11(24-25)15(20)21)13-7-22-17(27-13)23-16(26)8-4-5-8/h1-3,6-8,15H,4-5H2,(H,22,23,26). The van der Waals surface area contributed by atoms with E-state index in [0.717, 1.165) is 12.8 Å². The number of halogens is 4. The van der Waals surface area contributed by atoms with E-state index in [1.165, 1.54) is 28.3 Å². The second kappa shape index (κ2) is 7.18. The number of thiazole rings is 1. The fraction of sp³-hybridized carbons (Fsp3) is 0.235. The first-order valence-electron chi connectivity index (χ1n) is 8.03. The van der Waals surface area contributed by atoms with Crippen LogP contribution in [0.5, 0.6) is 0 Å². The van der Waals surface area contributed by atoms with Crippen molar-refractivity contribution in [2.75, 3.05) is 5.32 Å². The van der Waals surface area contributed by atoms with Gasteiger partial charge in [-0.15, -0.1) is 0 Å². The number of rotatable bonds is 5. The summed E-state index contributed by atoms with van der Waals surface area (Å²) in [5.41, 5.74) is 0.266. The van der Waals surface area contributed by atoms with Crippen molar-refractivity contribution < 1.29 is 13.6 Å². The molecule has 140 valence electrons. The van der Waals surface area contributed by atoms with Gasteiger partial charge in [-0.3, -0.25) is 4.79 Å². The van der Waals surface area contributed by atoms with Gasteiger partial charge in [0.15, 0.2) is 5.13 Å². The van der Waals surface area contributed by atoms with Gasteiger partial charge in [0.05, 0.1) is 20.6 Å². The summed E-state index contributed by atoms with van der Waals surface area (Å²) in [6, 6.07) is 6.13. The van der Waals surface area contributed by atoms with E-state index in [9.17, 15) is 13.6 Å². The summed E-state index contributed by atoms with van der Waals surface area (Å²) in [6.45, 7) is 0. The van der Waals surface area contributed by atoms with Crippen molar-refractivity contribution in [2.24, 2.45) is 5.92 Å². The van der Waals surface area contributed by atoms with Crippen LogP contribution in [0.1, 0.15) is 25.0 Å². The second-order valence-corrected chi connectivity index (χ2v) is 7.88. The number of aromatic nitrogens is 3. The Bertz CT molecular complexity index is 996. The zero-order chi connectivity index (χ0) is 19.1. The molecule has 10 heteroatoms. The number of benzene rings is 1. The molecule has 1 fully saturated rings. The maximum absolute atomic E-state index is 13.3. The van der Waals surface area contributed by atoms with Crippen molar-refractivity contribution in [3.63, 3.8) is 0 Å². The summed E-state index contributed by atoms with van der Waals surface area (Å²) in [7, 11) is 0. The van der Waals surface area contributed by atoms with Crippen molar-refractivity contribution in [1.29, 1.82) is 0 Å². The van der Waals surface area contributed by atoms with Gasteiger partial charge in [-0.1, -0.05) is 40.6 Å². The highest BCUT2D eigenvalue weighted by Gasteiger charge is 2.30. The Hall–Kier alpha value is -2.03. The smallest absolute Gasteiger partial charge is 0.282 e. The minimum absolute atomic E-state index is 0.0373. The number of hydrogen-bond donors (Lipinski definition) is 1. The molecule has 0 radical (unpaired) electrons. The van der Waals surface area contributed by atoms with Crippen LogP contribution in [0.3, 0.4) is 0 Å². The molecule has 1 aromatic carbocycles. The third kappa shape index (κ3) is 3.69. The van der Waals surface area contributed by atoms with Gasteiger partial charge in [-0.2, -0.15) is 5.10 Å². The number of nitrogens with one attached hydrogen (secondary N) is 1. The van der Waals surface area contributed by atoms with Crippen LogP contribution in [0.4, 0.5) is 13.9 Å². The lowest BCUT2D eigenvalue weighted by atomic mass is 10.3. The van der Waals surface area contributed by atoms with Gasteiger partial charge < -0.3 is 5.32 Å². The van der Waals surface area contributed by atoms with Crippen molar-refractivity contribution in [3.05, 3.63) is 46.2 Å². The number of hydrogen-bond acceptors (Lipinski definition) is 4. The number of anilines is 1. The molecule has 1 aliphatic carbocycles. The molecule has 1 N–H and O–H groups in total. The molecule has 1 saturated carbocycles. The Balaban J connectivity index is 1.76. The number of carbonyl (C=O) groups excluding carboxylic acids is 1. The summed E-state index contributed by atoms with van der Waals surface area (Å²) in [5.74, 6) is -0.0397. The molecule has 0 saturated heterocycles. The first-order valence-corrected chi connectivity index (χ1v) is 9.61. The minimum Gasteiger partial charge on any atom is -0.302 e. The SMILES string of the molecule is O=C(Nc1ncc(-c2cc(C(F)F)nn2-c2c(Cl)cccc2Cl)s1)C1CC1. The van der Waals surface area contributed by atoms with Gasteiger partial charge in [0, 0.05) is 12.1 Å². The molecular formula is C17H12Cl2F2N4OS. The monoisotopic (exact) mass is 428 g/mol. The topological polar surface area (TPSA) is 59.8 Å². The molecule has 2 aromatic heterocycles. The Morgan fingerprint density at radius 2 is 2.00 bits per heavy atom. The van der Waals surface area contributed by atoms with Crippen LogP contribution in [0.2, 0.25) is 10.0 Å². The van der Waals surface area contributed by atoms with Crippen molar-refractivity contribution >= 4 is 45.6 Å². The largest absolute Gasteiger partial charge is 0.302 e. The molecule has 1 amide bonds. The van der Waals surface area contributed by atoms with Crippen LogP contribution in [-0.2, 0) is 4.79 Å². The molecule has 0 aliphatic heterocycles. The van der Waals surface area contributed by atoms with E-state index in [0.29, 0.717) is 21.4 Å². The van der Waals surface area contributed by atoms with E-state index in [1.807, 2.05) is 0 Å². The fourth-order valence-electron chi connectivity index (χ4n) is 2.55. The van der Waals surface area contributed by atoms with Gasteiger partial charge in [0.2, 0.25) is 5.91 Å². The summed E-state index contributed by atoms with van der Waals surface area (Å²) < 4.78 is 27.8. The van der Waals surface area contributed by atoms with E-state index in [4.69, 9.17) is 23.2 Å². The van der Waals surface area contributed by atoms with Crippen LogP contribution in [0.15, 0.2) is 30.5 Å². The molecule has 0 spiro atoms. The van der Waals surface area contributed by atoms with Crippen LogP contribution in [0.25, 0.3) is 16.3 Å². The predicted octanol–water partition coefficient (Wildman–Crippen LogP) is 5.59. The third-order valence-corrected chi connectivity index (χ3v) is 5.58. The highest BCUT2D eigenvalue weighted by Crippen LogP contribution is 2.38. The molecule has 5 nitrogen and oxygen atoms in total. The molecular weight excluding hydrogens is 417 g/mol. The molecule has 3 aromatic rings. The first kappa shape index (κ1) is 18.3. The summed E-state index contributed by atoms with van der Waals surface area (Å²) in [5, 5.41) is 7.68. The van der Waals surface area contributed by atoms with E-state index in [1.54, 1.807) is 18.2 Å². The first-order chi connectivity index (χ1) is 12.9. The third-order valence-electron chi connectivity index (χ3n) is 4.04. The van der Waals surface area contributed by atoms with Gasteiger partial charge in [0.25, 0.3) is 6.43 Å².